The Morgan fingerprint density at radius 1 is 1.17 bits per heavy atom. The predicted molar refractivity (Wildman–Crippen MR) is 94.4 cm³/mol. The molecule has 1 rings (SSSR count). The van der Waals surface area contributed by atoms with Gasteiger partial charge in [0.15, 0.2) is 0 Å². The molecule has 0 aliphatic carbocycles. The van der Waals surface area contributed by atoms with Crippen molar-refractivity contribution in [1.82, 2.24) is 9.97 Å². The van der Waals surface area contributed by atoms with Crippen LogP contribution in [-0.2, 0) is 15.7 Å². The Balaban J connectivity index is 2.60. The lowest BCUT2D eigenvalue weighted by Crippen LogP contribution is -2.16. The fraction of sp³-hybridized carbons (Fsp3) is 0.667. The number of hydrogen-bond acceptors (Lipinski definition) is 8. The molecule has 0 saturated heterocycles. The van der Waals surface area contributed by atoms with E-state index in [4.69, 9.17) is 26.2 Å². The highest BCUT2D eigenvalue weighted by Crippen LogP contribution is 2.54. The fourth-order valence-electron chi connectivity index (χ4n) is 2.16. The normalized spacial score (nSPS) is 11.7. The van der Waals surface area contributed by atoms with Gasteiger partial charge in [-0.15, -0.1) is 0 Å². The van der Waals surface area contributed by atoms with Crippen LogP contribution in [0.4, 0.5) is 11.8 Å². The molecule has 1 aromatic rings. The maximum Gasteiger partial charge on any atom is 0.225 e. The minimum absolute atomic E-state index is 0.0192. The van der Waals surface area contributed by atoms with Gasteiger partial charge in [-0.05, 0) is 0 Å². The first kappa shape index (κ1) is 20.2. The molecule has 0 unspecified atom stereocenters. The molecule has 0 amide bonds. The second-order valence-electron chi connectivity index (χ2n) is 6.01. The van der Waals surface area contributed by atoms with Gasteiger partial charge in [-0.25, -0.2) is 0 Å². The predicted octanol–water partition coefficient (Wildman–Crippen LogP) is 2.24. The summed E-state index contributed by atoms with van der Waals surface area (Å²) in [7, 11) is -2.40. The van der Waals surface area contributed by atoms with Gasteiger partial charge in [0.2, 0.25) is 11.8 Å². The molecule has 0 fully saturated rings. The van der Waals surface area contributed by atoms with E-state index in [2.05, 4.69) is 9.97 Å². The van der Waals surface area contributed by atoms with Crippen molar-refractivity contribution < 1.29 is 14.0 Å². The van der Waals surface area contributed by atoms with Crippen molar-refractivity contribution in [1.29, 1.82) is 5.26 Å². The van der Waals surface area contributed by atoms with Crippen LogP contribution in [-0.4, -0.2) is 40.8 Å². The lowest BCUT2D eigenvalue weighted by Gasteiger charge is -2.25. The average Bonchev–Trinajstić information content (AvgIpc) is 2.49. The van der Waals surface area contributed by atoms with Crippen molar-refractivity contribution in [3.63, 3.8) is 0 Å². The third-order valence-electron chi connectivity index (χ3n) is 3.78. The molecule has 0 saturated carbocycles. The molecule has 8 nitrogen and oxygen atoms in total. The number of aromatic nitrogens is 2. The Morgan fingerprint density at radius 3 is 2.33 bits per heavy atom. The molecule has 24 heavy (non-hydrogen) atoms. The largest absolute Gasteiger partial charge is 0.475 e. The van der Waals surface area contributed by atoms with E-state index in [1.807, 2.05) is 33.8 Å². The van der Waals surface area contributed by atoms with Gasteiger partial charge in [0, 0.05) is 11.3 Å². The highest BCUT2D eigenvalue weighted by molar-refractivity contribution is 7.65. The molecule has 0 aliphatic heterocycles. The summed E-state index contributed by atoms with van der Waals surface area (Å²) in [5.74, 6) is 0.291. The second-order valence-corrected chi connectivity index (χ2v) is 10.0. The Bertz CT molecular complexity index is 631. The molecule has 134 valence electrons. The van der Waals surface area contributed by atoms with Gasteiger partial charge in [-0.2, -0.15) is 15.2 Å². The number of rotatable bonds is 9. The Morgan fingerprint density at radius 2 is 1.79 bits per heavy atom. The molecular weight excluding hydrogens is 329 g/mol. The van der Waals surface area contributed by atoms with Crippen LogP contribution in [0.5, 0.6) is 5.88 Å². The molecule has 1 heterocycles. The van der Waals surface area contributed by atoms with Crippen LogP contribution in [0, 0.1) is 11.3 Å². The van der Waals surface area contributed by atoms with Gasteiger partial charge < -0.3 is 25.5 Å². The van der Waals surface area contributed by atoms with E-state index >= 15 is 0 Å². The van der Waals surface area contributed by atoms with Crippen molar-refractivity contribution in [3.8, 4) is 11.9 Å². The summed E-state index contributed by atoms with van der Waals surface area (Å²) in [4.78, 5) is 7.77. The lowest BCUT2D eigenvalue weighted by atomic mass is 10.2. The lowest BCUT2D eigenvalue weighted by molar-refractivity contribution is 0.127. The fourth-order valence-corrected chi connectivity index (χ4v) is 4.36. The molecule has 4 N–H and O–H groups in total. The summed E-state index contributed by atoms with van der Waals surface area (Å²) in [6.07, 6.45) is 0.239. The summed E-state index contributed by atoms with van der Waals surface area (Å²) in [5, 5.41) is 8.84. The number of nitrogens with two attached hydrogens (primary N) is 2. The van der Waals surface area contributed by atoms with E-state index in [1.54, 1.807) is 0 Å². The monoisotopic (exact) mass is 355 g/mol. The van der Waals surface area contributed by atoms with Crippen LogP contribution in [0.15, 0.2) is 0 Å². The third kappa shape index (κ3) is 5.08. The number of nitriles is 1. The van der Waals surface area contributed by atoms with Crippen LogP contribution in [0.3, 0.4) is 0 Å². The van der Waals surface area contributed by atoms with Gasteiger partial charge in [0.05, 0.1) is 24.7 Å². The molecule has 0 aliphatic rings. The molecule has 0 bridgehead atoms. The van der Waals surface area contributed by atoms with E-state index < -0.39 is 7.14 Å². The number of nitrogens with zero attached hydrogens (tertiary/aromatic N) is 3. The van der Waals surface area contributed by atoms with Crippen molar-refractivity contribution in [3.05, 3.63) is 5.56 Å². The molecule has 0 aromatic carbocycles. The van der Waals surface area contributed by atoms with Gasteiger partial charge in [-0.3, -0.25) is 0 Å². The van der Waals surface area contributed by atoms with Gasteiger partial charge >= 0.3 is 0 Å². The second kappa shape index (κ2) is 8.86. The van der Waals surface area contributed by atoms with E-state index in [1.165, 1.54) is 0 Å². The van der Waals surface area contributed by atoms with E-state index in [0.29, 0.717) is 5.56 Å². The quantitative estimate of drug-likeness (QED) is 0.508. The first-order chi connectivity index (χ1) is 11.2. The topological polar surface area (TPSA) is 137 Å². The third-order valence-corrected chi connectivity index (χ3v) is 7.86. The van der Waals surface area contributed by atoms with Gasteiger partial charge in [0.25, 0.3) is 0 Å². The van der Waals surface area contributed by atoms with Crippen molar-refractivity contribution in [2.75, 3.05) is 31.0 Å². The van der Waals surface area contributed by atoms with E-state index in [0.717, 1.165) is 0 Å². The summed E-state index contributed by atoms with van der Waals surface area (Å²) >= 11 is 0. The highest BCUT2D eigenvalue weighted by atomic mass is 31.2. The average molecular weight is 355 g/mol. The van der Waals surface area contributed by atoms with Gasteiger partial charge in [0.1, 0.15) is 25.9 Å². The Kier molecular flexibility index (Phi) is 7.46. The number of hydrogen-bond donors (Lipinski definition) is 2. The van der Waals surface area contributed by atoms with Crippen LogP contribution in [0.25, 0.3) is 0 Å². The van der Waals surface area contributed by atoms with Crippen molar-refractivity contribution in [2.24, 2.45) is 0 Å². The zero-order chi connectivity index (χ0) is 18.3. The van der Waals surface area contributed by atoms with Gasteiger partial charge in [-0.1, -0.05) is 27.7 Å². The Labute approximate surface area is 142 Å². The molecule has 0 spiro atoms. The smallest absolute Gasteiger partial charge is 0.225 e. The molecule has 0 radical (unpaired) electrons. The van der Waals surface area contributed by atoms with Crippen LogP contribution in [0.1, 0.15) is 33.3 Å². The first-order valence-corrected chi connectivity index (χ1v) is 9.83. The minimum atomic E-state index is -2.40. The Hall–Kier alpha value is -1.84. The summed E-state index contributed by atoms with van der Waals surface area (Å²) in [6, 6.07) is 1.98. The van der Waals surface area contributed by atoms with E-state index in [9.17, 15) is 4.57 Å². The molecule has 1 aromatic heterocycles. The molecule has 0 atom stereocenters. The zero-order valence-corrected chi connectivity index (χ0v) is 15.5. The minimum Gasteiger partial charge on any atom is -0.475 e. The van der Waals surface area contributed by atoms with E-state index in [-0.39, 0.29) is 54.9 Å². The SMILES string of the molecule is CC(C)P(=O)(COCCOc1nc(N)nc(N)c1CC#N)C(C)C. The number of nitrogen functional groups attached to an aromatic ring is 2. The van der Waals surface area contributed by atoms with Crippen molar-refractivity contribution >= 4 is 18.9 Å². The zero-order valence-electron chi connectivity index (χ0n) is 14.7. The van der Waals surface area contributed by atoms with Crippen LogP contribution < -0.4 is 16.2 Å². The maximum atomic E-state index is 12.8. The summed E-state index contributed by atoms with van der Waals surface area (Å²) in [6.45, 7) is 8.22. The maximum absolute atomic E-state index is 12.8. The van der Waals surface area contributed by atoms with Crippen LogP contribution >= 0.6 is 7.14 Å². The number of anilines is 2. The summed E-state index contributed by atoms with van der Waals surface area (Å²) < 4.78 is 23.9. The summed E-state index contributed by atoms with van der Waals surface area (Å²) in [5.41, 5.74) is 11.8. The molecule has 9 heteroatoms. The van der Waals surface area contributed by atoms with Crippen molar-refractivity contribution in [2.45, 2.75) is 45.4 Å². The van der Waals surface area contributed by atoms with Crippen LogP contribution in [0.2, 0.25) is 0 Å². The number of ether oxygens (including phenoxy) is 2. The highest BCUT2D eigenvalue weighted by Gasteiger charge is 2.30. The standard InChI is InChI=1S/C15H26N5O3P/c1-10(2)24(21,11(3)4)9-22-7-8-23-14-12(5-6-16)13(17)19-15(18)20-14/h10-11H,5,7-9H2,1-4H3,(H4,17,18,19,20). The molecular formula is C15H26N5O3P. The first-order valence-electron chi connectivity index (χ1n) is 7.80.